The van der Waals surface area contributed by atoms with Crippen LogP contribution >= 0.6 is 0 Å². The second-order valence-electron chi connectivity index (χ2n) is 5.37. The van der Waals surface area contributed by atoms with E-state index in [-0.39, 0.29) is 29.3 Å². The third kappa shape index (κ3) is 3.07. The summed E-state index contributed by atoms with van der Waals surface area (Å²) < 4.78 is 26.6. The topological polar surface area (TPSA) is 67.3 Å². The van der Waals surface area contributed by atoms with E-state index in [1.807, 2.05) is 13.8 Å². The molecule has 1 fully saturated rings. The van der Waals surface area contributed by atoms with Gasteiger partial charge in [-0.2, -0.15) is 4.31 Å². The van der Waals surface area contributed by atoms with Crippen LogP contribution in [0.15, 0.2) is 29.4 Å². The van der Waals surface area contributed by atoms with Crippen molar-refractivity contribution in [2.75, 3.05) is 6.54 Å². The molecular formula is C14H20N2O3S. The predicted octanol–water partition coefficient (Wildman–Crippen LogP) is 1.85. The van der Waals surface area contributed by atoms with Crippen molar-refractivity contribution in [1.29, 1.82) is 0 Å². The Labute approximate surface area is 120 Å². The van der Waals surface area contributed by atoms with Crippen LogP contribution in [-0.2, 0) is 14.8 Å². The molecule has 2 heterocycles. The van der Waals surface area contributed by atoms with Gasteiger partial charge in [0.2, 0.25) is 0 Å². The molecule has 0 aliphatic carbocycles. The van der Waals surface area contributed by atoms with Gasteiger partial charge in [-0.3, -0.25) is 4.79 Å². The minimum Gasteiger partial charge on any atom is -0.298 e. The first kappa shape index (κ1) is 15.1. The number of hydrogen-bond acceptors (Lipinski definition) is 4. The Hall–Kier alpha value is -1.27. The smallest absolute Gasteiger partial charge is 0.261 e. The van der Waals surface area contributed by atoms with Crippen molar-refractivity contribution >= 4 is 15.8 Å². The van der Waals surface area contributed by atoms with E-state index in [1.165, 1.54) is 16.6 Å². The molecule has 0 radical (unpaired) electrons. The van der Waals surface area contributed by atoms with Gasteiger partial charge in [0.25, 0.3) is 10.0 Å². The lowest BCUT2D eigenvalue weighted by Crippen LogP contribution is -2.44. The molecule has 2 atom stereocenters. The van der Waals surface area contributed by atoms with E-state index in [2.05, 4.69) is 4.98 Å². The van der Waals surface area contributed by atoms with E-state index >= 15 is 0 Å². The molecule has 0 bridgehead atoms. The first-order chi connectivity index (χ1) is 9.43. The lowest BCUT2D eigenvalue weighted by molar-refractivity contribution is -0.123. The number of pyridine rings is 1. The van der Waals surface area contributed by atoms with Gasteiger partial charge in [-0.05, 0) is 31.9 Å². The van der Waals surface area contributed by atoms with Crippen molar-refractivity contribution in [3.63, 3.8) is 0 Å². The fraction of sp³-hybridized carbons (Fsp3) is 0.571. The second kappa shape index (κ2) is 6.01. The largest absolute Gasteiger partial charge is 0.298 e. The highest BCUT2D eigenvalue weighted by atomic mass is 32.2. The van der Waals surface area contributed by atoms with Gasteiger partial charge in [0.1, 0.15) is 0 Å². The first-order valence-electron chi connectivity index (χ1n) is 6.88. The van der Waals surface area contributed by atoms with Crippen molar-refractivity contribution in [1.82, 2.24) is 9.29 Å². The van der Waals surface area contributed by atoms with Crippen LogP contribution in [0.25, 0.3) is 0 Å². The monoisotopic (exact) mass is 296 g/mol. The molecule has 1 aromatic rings. The Balaban J connectivity index is 2.34. The molecule has 110 valence electrons. The number of hydrogen-bond donors (Lipinski definition) is 0. The maximum Gasteiger partial charge on any atom is 0.261 e. The van der Waals surface area contributed by atoms with E-state index in [1.54, 1.807) is 12.1 Å². The lowest BCUT2D eigenvalue weighted by Gasteiger charge is -2.30. The van der Waals surface area contributed by atoms with E-state index in [0.717, 1.165) is 19.3 Å². The Kier molecular flexibility index (Phi) is 4.55. The number of aromatic nitrogens is 1. The molecule has 1 aliphatic rings. The Morgan fingerprint density at radius 1 is 1.25 bits per heavy atom. The zero-order valence-corrected chi connectivity index (χ0v) is 12.6. The normalized spacial score (nSPS) is 26.0. The van der Waals surface area contributed by atoms with Crippen molar-refractivity contribution in [3.8, 4) is 0 Å². The average Bonchev–Trinajstić information content (AvgIpc) is 2.43. The van der Waals surface area contributed by atoms with E-state index in [9.17, 15) is 13.2 Å². The molecule has 1 aromatic heterocycles. The molecular weight excluding hydrogens is 276 g/mol. The summed E-state index contributed by atoms with van der Waals surface area (Å²) >= 11 is 0. The number of nitrogens with zero attached hydrogens (tertiary/aromatic N) is 2. The number of carbonyl (C=O) groups excluding carboxylic acids is 1. The van der Waals surface area contributed by atoms with Gasteiger partial charge >= 0.3 is 0 Å². The quantitative estimate of drug-likeness (QED) is 0.835. The SMILES string of the molecule is CC1CCCC(C)N(S(=O)(=O)c2ccccn2)CC1=O. The maximum atomic E-state index is 12.6. The van der Waals surface area contributed by atoms with Crippen LogP contribution in [0.1, 0.15) is 33.1 Å². The molecule has 0 amide bonds. The van der Waals surface area contributed by atoms with Crippen molar-refractivity contribution in [2.45, 2.75) is 44.2 Å². The third-order valence-corrected chi connectivity index (χ3v) is 5.70. The van der Waals surface area contributed by atoms with Crippen molar-refractivity contribution in [3.05, 3.63) is 24.4 Å². The van der Waals surface area contributed by atoms with Crippen LogP contribution in [-0.4, -0.2) is 36.1 Å². The zero-order chi connectivity index (χ0) is 14.8. The summed E-state index contributed by atoms with van der Waals surface area (Å²) in [5.74, 6) is -0.0972. The third-order valence-electron chi connectivity index (χ3n) is 3.82. The van der Waals surface area contributed by atoms with Gasteiger partial charge in [0.05, 0.1) is 6.54 Å². The first-order valence-corrected chi connectivity index (χ1v) is 8.32. The van der Waals surface area contributed by atoms with Gasteiger partial charge in [-0.25, -0.2) is 13.4 Å². The van der Waals surface area contributed by atoms with Gasteiger partial charge in [-0.15, -0.1) is 0 Å². The van der Waals surface area contributed by atoms with Gasteiger partial charge in [0.15, 0.2) is 10.8 Å². The summed E-state index contributed by atoms with van der Waals surface area (Å²) in [7, 11) is -3.71. The zero-order valence-electron chi connectivity index (χ0n) is 11.8. The standard InChI is InChI=1S/C14H20N2O3S/c1-11-6-5-7-12(2)16(10-13(11)17)20(18,19)14-8-3-4-9-15-14/h3-4,8-9,11-12H,5-7,10H2,1-2H3. The number of sulfonamides is 1. The number of ketones is 1. The summed E-state index contributed by atoms with van der Waals surface area (Å²) in [5, 5.41) is 0.00729. The fourth-order valence-corrected chi connectivity index (χ4v) is 3.99. The molecule has 0 spiro atoms. The summed E-state index contributed by atoms with van der Waals surface area (Å²) in [4.78, 5) is 16.0. The average molecular weight is 296 g/mol. The molecule has 6 heteroatoms. The maximum absolute atomic E-state index is 12.6. The van der Waals surface area contributed by atoms with Crippen molar-refractivity contribution in [2.24, 2.45) is 5.92 Å². The van der Waals surface area contributed by atoms with Crippen LogP contribution < -0.4 is 0 Å². The minimum absolute atomic E-state index is 0.00729. The molecule has 5 nitrogen and oxygen atoms in total. The van der Waals surface area contributed by atoms with Crippen LogP contribution in [0.4, 0.5) is 0 Å². The molecule has 0 aromatic carbocycles. The Morgan fingerprint density at radius 3 is 2.65 bits per heavy atom. The molecule has 1 saturated heterocycles. The van der Waals surface area contributed by atoms with E-state index in [4.69, 9.17) is 0 Å². The van der Waals surface area contributed by atoms with Crippen LogP contribution in [0.3, 0.4) is 0 Å². The van der Waals surface area contributed by atoms with Crippen LogP contribution in [0.2, 0.25) is 0 Å². The van der Waals surface area contributed by atoms with Gasteiger partial charge in [-0.1, -0.05) is 19.4 Å². The fourth-order valence-electron chi connectivity index (χ4n) is 2.43. The minimum atomic E-state index is -3.71. The Bertz CT molecular complexity index is 571. The summed E-state index contributed by atoms with van der Waals surface area (Å²) in [6.07, 6.45) is 3.92. The highest BCUT2D eigenvalue weighted by Gasteiger charge is 2.34. The highest BCUT2D eigenvalue weighted by Crippen LogP contribution is 2.24. The number of carbonyl (C=O) groups is 1. The summed E-state index contributed by atoms with van der Waals surface area (Å²) in [6, 6.07) is 4.59. The molecule has 2 rings (SSSR count). The number of rotatable bonds is 2. The molecule has 1 aliphatic heterocycles. The van der Waals surface area contributed by atoms with Gasteiger partial charge in [0, 0.05) is 18.2 Å². The van der Waals surface area contributed by atoms with Crippen molar-refractivity contribution < 1.29 is 13.2 Å². The second-order valence-corrected chi connectivity index (χ2v) is 7.20. The summed E-state index contributed by atoms with van der Waals surface area (Å²) in [5.41, 5.74) is 0. The molecule has 20 heavy (non-hydrogen) atoms. The number of Topliss-reactive ketones (excluding diaryl/α,β-unsaturated/α-hetero) is 1. The van der Waals surface area contributed by atoms with Crippen LogP contribution in [0, 0.1) is 5.92 Å². The lowest BCUT2D eigenvalue weighted by atomic mass is 9.95. The van der Waals surface area contributed by atoms with E-state index < -0.39 is 10.0 Å². The molecule has 2 unspecified atom stereocenters. The highest BCUT2D eigenvalue weighted by molar-refractivity contribution is 7.89. The van der Waals surface area contributed by atoms with Crippen LogP contribution in [0.5, 0.6) is 0 Å². The molecule has 0 saturated carbocycles. The molecule has 0 N–H and O–H groups in total. The van der Waals surface area contributed by atoms with Gasteiger partial charge < -0.3 is 0 Å². The summed E-state index contributed by atoms with van der Waals surface area (Å²) in [6.45, 7) is 3.66. The predicted molar refractivity (Wildman–Crippen MR) is 75.6 cm³/mol. The Morgan fingerprint density at radius 2 is 2.00 bits per heavy atom. The van der Waals surface area contributed by atoms with E-state index in [0.29, 0.717) is 0 Å².